The highest BCUT2D eigenvalue weighted by molar-refractivity contribution is 7.89. The number of rotatable bonds is 9. The van der Waals surface area contributed by atoms with Crippen molar-refractivity contribution in [2.45, 2.75) is 39.5 Å². The molecule has 0 aliphatic heterocycles. The van der Waals surface area contributed by atoms with Crippen molar-refractivity contribution in [2.24, 2.45) is 5.73 Å². The van der Waals surface area contributed by atoms with E-state index in [4.69, 9.17) is 5.73 Å². The zero-order chi connectivity index (χ0) is 11.7. The molecule has 0 aromatic rings. The largest absolute Gasteiger partial charge is 0.330 e. The van der Waals surface area contributed by atoms with Crippen molar-refractivity contribution in [3.63, 3.8) is 0 Å². The van der Waals surface area contributed by atoms with Gasteiger partial charge in [-0.25, -0.2) is 12.7 Å². The molecule has 0 aromatic carbocycles. The van der Waals surface area contributed by atoms with Gasteiger partial charge in [0.25, 0.3) is 0 Å². The summed E-state index contributed by atoms with van der Waals surface area (Å²) in [5, 5.41) is 0. The molecule has 0 bridgehead atoms. The summed E-state index contributed by atoms with van der Waals surface area (Å²) in [7, 11) is -3.04. The normalized spacial score (nSPS) is 12.3. The number of sulfonamides is 1. The van der Waals surface area contributed by atoms with Crippen LogP contribution in [0.5, 0.6) is 0 Å². The summed E-state index contributed by atoms with van der Waals surface area (Å²) >= 11 is 0. The molecule has 0 radical (unpaired) electrons. The van der Waals surface area contributed by atoms with Gasteiger partial charge in [-0.1, -0.05) is 20.3 Å². The molecular weight excluding hydrogens is 212 g/mol. The Hall–Kier alpha value is -0.130. The topological polar surface area (TPSA) is 63.4 Å². The summed E-state index contributed by atoms with van der Waals surface area (Å²) in [6.07, 6.45) is 3.25. The smallest absolute Gasteiger partial charge is 0.214 e. The minimum atomic E-state index is -3.04. The van der Waals surface area contributed by atoms with E-state index in [0.717, 1.165) is 25.7 Å². The van der Waals surface area contributed by atoms with Crippen LogP contribution in [0.2, 0.25) is 0 Å². The molecule has 0 saturated heterocycles. The molecule has 0 saturated carbocycles. The van der Waals surface area contributed by atoms with Crippen LogP contribution in [0.3, 0.4) is 0 Å². The number of unbranched alkanes of at least 4 members (excludes halogenated alkanes) is 1. The molecule has 4 nitrogen and oxygen atoms in total. The molecule has 0 rings (SSSR count). The molecular formula is C10H24N2O2S. The van der Waals surface area contributed by atoms with Crippen LogP contribution in [-0.4, -0.2) is 38.1 Å². The molecule has 5 heteroatoms. The third kappa shape index (κ3) is 6.12. The molecule has 15 heavy (non-hydrogen) atoms. The standard InChI is InChI=1S/C10H24N2O2S/c1-3-5-10-15(13,14)12(8-4-2)9-6-7-11/h3-11H2,1-2H3. The number of hydrogen-bond donors (Lipinski definition) is 1. The van der Waals surface area contributed by atoms with Gasteiger partial charge >= 0.3 is 0 Å². The van der Waals surface area contributed by atoms with Crippen LogP contribution in [0, 0.1) is 0 Å². The van der Waals surface area contributed by atoms with Crippen LogP contribution in [0.1, 0.15) is 39.5 Å². The van der Waals surface area contributed by atoms with E-state index in [9.17, 15) is 8.42 Å². The Morgan fingerprint density at radius 3 is 2.20 bits per heavy atom. The lowest BCUT2D eigenvalue weighted by molar-refractivity contribution is 0.405. The van der Waals surface area contributed by atoms with Crippen LogP contribution in [-0.2, 0) is 10.0 Å². The summed E-state index contributed by atoms with van der Waals surface area (Å²) in [6.45, 7) is 5.72. The molecule has 0 aliphatic carbocycles. The Morgan fingerprint density at radius 2 is 1.73 bits per heavy atom. The van der Waals surface area contributed by atoms with Crippen molar-refractivity contribution in [1.82, 2.24) is 4.31 Å². The van der Waals surface area contributed by atoms with E-state index in [2.05, 4.69) is 0 Å². The molecule has 0 aliphatic rings. The van der Waals surface area contributed by atoms with Gasteiger partial charge in [0, 0.05) is 13.1 Å². The highest BCUT2D eigenvalue weighted by atomic mass is 32.2. The zero-order valence-corrected chi connectivity index (χ0v) is 10.7. The van der Waals surface area contributed by atoms with Crippen LogP contribution < -0.4 is 5.73 Å². The predicted molar refractivity (Wildman–Crippen MR) is 64.2 cm³/mol. The quantitative estimate of drug-likeness (QED) is 0.654. The van der Waals surface area contributed by atoms with Crippen LogP contribution in [0.15, 0.2) is 0 Å². The van der Waals surface area contributed by atoms with Gasteiger partial charge in [-0.2, -0.15) is 0 Å². The van der Waals surface area contributed by atoms with Gasteiger partial charge in [-0.05, 0) is 25.8 Å². The second-order valence-corrected chi connectivity index (χ2v) is 5.80. The molecule has 0 heterocycles. The van der Waals surface area contributed by atoms with Crippen molar-refractivity contribution in [2.75, 3.05) is 25.4 Å². The van der Waals surface area contributed by atoms with Crippen LogP contribution in [0.4, 0.5) is 0 Å². The minimum absolute atomic E-state index is 0.272. The summed E-state index contributed by atoms with van der Waals surface area (Å²) < 4.78 is 25.3. The van der Waals surface area contributed by atoms with Gasteiger partial charge < -0.3 is 5.73 Å². The van der Waals surface area contributed by atoms with Gasteiger partial charge in [-0.15, -0.1) is 0 Å². The van der Waals surface area contributed by atoms with E-state index in [0.29, 0.717) is 19.6 Å². The average molecular weight is 236 g/mol. The molecule has 92 valence electrons. The van der Waals surface area contributed by atoms with E-state index >= 15 is 0 Å². The SMILES string of the molecule is CCCCS(=O)(=O)N(CCC)CCCN. The van der Waals surface area contributed by atoms with Crippen molar-refractivity contribution < 1.29 is 8.42 Å². The molecule has 0 amide bonds. The summed E-state index contributed by atoms with van der Waals surface area (Å²) in [5.74, 6) is 0.272. The first-order chi connectivity index (χ1) is 7.08. The monoisotopic (exact) mass is 236 g/mol. The van der Waals surface area contributed by atoms with Crippen LogP contribution >= 0.6 is 0 Å². The molecule has 0 unspecified atom stereocenters. The molecule has 0 atom stereocenters. The first-order valence-corrected chi connectivity index (χ1v) is 7.37. The molecule has 2 N–H and O–H groups in total. The van der Waals surface area contributed by atoms with Crippen molar-refractivity contribution in [3.05, 3.63) is 0 Å². The Kier molecular flexibility index (Phi) is 8.00. The maximum atomic E-state index is 11.9. The van der Waals surface area contributed by atoms with Crippen molar-refractivity contribution >= 4 is 10.0 Å². The fourth-order valence-electron chi connectivity index (χ4n) is 1.36. The average Bonchev–Trinajstić information content (AvgIpc) is 2.21. The molecule has 0 aromatic heterocycles. The van der Waals surface area contributed by atoms with E-state index in [1.807, 2.05) is 13.8 Å². The summed E-state index contributed by atoms with van der Waals surface area (Å²) in [5.41, 5.74) is 5.39. The number of nitrogens with two attached hydrogens (primary N) is 1. The molecule has 0 fully saturated rings. The van der Waals surface area contributed by atoms with Gasteiger partial charge in [-0.3, -0.25) is 0 Å². The van der Waals surface area contributed by atoms with Gasteiger partial charge in [0.05, 0.1) is 5.75 Å². The zero-order valence-electron chi connectivity index (χ0n) is 9.91. The lowest BCUT2D eigenvalue weighted by atomic mass is 10.4. The Balaban J connectivity index is 4.30. The van der Waals surface area contributed by atoms with E-state index in [-0.39, 0.29) is 5.75 Å². The maximum absolute atomic E-state index is 11.9. The molecule has 0 spiro atoms. The minimum Gasteiger partial charge on any atom is -0.330 e. The predicted octanol–water partition coefficient (Wildman–Crippen LogP) is 1.18. The lowest BCUT2D eigenvalue weighted by Gasteiger charge is -2.21. The van der Waals surface area contributed by atoms with E-state index < -0.39 is 10.0 Å². The third-order valence-corrected chi connectivity index (χ3v) is 4.19. The van der Waals surface area contributed by atoms with Crippen molar-refractivity contribution in [1.29, 1.82) is 0 Å². The Morgan fingerprint density at radius 1 is 1.07 bits per heavy atom. The highest BCUT2D eigenvalue weighted by Crippen LogP contribution is 2.06. The Labute approximate surface area is 93.9 Å². The second kappa shape index (κ2) is 8.07. The summed E-state index contributed by atoms with van der Waals surface area (Å²) in [4.78, 5) is 0. The van der Waals surface area contributed by atoms with Gasteiger partial charge in [0.15, 0.2) is 0 Å². The number of nitrogens with zero attached hydrogens (tertiary/aromatic N) is 1. The van der Waals surface area contributed by atoms with E-state index in [1.165, 1.54) is 0 Å². The summed E-state index contributed by atoms with van der Waals surface area (Å²) in [6, 6.07) is 0. The van der Waals surface area contributed by atoms with Crippen molar-refractivity contribution in [3.8, 4) is 0 Å². The first kappa shape index (κ1) is 14.9. The van der Waals surface area contributed by atoms with Gasteiger partial charge in [0.2, 0.25) is 10.0 Å². The highest BCUT2D eigenvalue weighted by Gasteiger charge is 2.19. The second-order valence-electron chi connectivity index (χ2n) is 3.71. The maximum Gasteiger partial charge on any atom is 0.214 e. The Bertz CT molecular complexity index is 240. The number of hydrogen-bond acceptors (Lipinski definition) is 3. The lowest BCUT2D eigenvalue weighted by Crippen LogP contribution is -2.35. The first-order valence-electron chi connectivity index (χ1n) is 5.76. The fraction of sp³-hybridized carbons (Fsp3) is 1.00. The van der Waals surface area contributed by atoms with E-state index in [1.54, 1.807) is 4.31 Å². The van der Waals surface area contributed by atoms with Crippen LogP contribution in [0.25, 0.3) is 0 Å². The fourth-order valence-corrected chi connectivity index (χ4v) is 3.14. The third-order valence-electron chi connectivity index (χ3n) is 2.23. The van der Waals surface area contributed by atoms with Gasteiger partial charge in [0.1, 0.15) is 0 Å².